The molecule has 0 radical (unpaired) electrons. The van der Waals surface area contributed by atoms with Crippen LogP contribution >= 0.6 is 0 Å². The van der Waals surface area contributed by atoms with Crippen molar-refractivity contribution < 1.29 is 14.3 Å². The van der Waals surface area contributed by atoms with Crippen LogP contribution in [0.1, 0.15) is 79.6 Å². The van der Waals surface area contributed by atoms with Crippen LogP contribution in [0.3, 0.4) is 0 Å². The van der Waals surface area contributed by atoms with E-state index in [9.17, 15) is 9.59 Å². The highest BCUT2D eigenvalue weighted by molar-refractivity contribution is 5.94. The number of rotatable bonds is 9. The summed E-state index contributed by atoms with van der Waals surface area (Å²) in [5.41, 5.74) is 0.698. The minimum atomic E-state index is -0.386. The van der Waals surface area contributed by atoms with Gasteiger partial charge < -0.3 is 4.74 Å². The van der Waals surface area contributed by atoms with Crippen LogP contribution in [0.15, 0.2) is 12.2 Å². The number of hydrogen-bond acceptors (Lipinski definition) is 3. The van der Waals surface area contributed by atoms with Crippen molar-refractivity contribution in [2.45, 2.75) is 79.6 Å². The van der Waals surface area contributed by atoms with Crippen LogP contribution < -0.4 is 0 Å². The highest BCUT2D eigenvalue weighted by atomic mass is 16.6. The van der Waals surface area contributed by atoms with Crippen LogP contribution in [0.5, 0.6) is 0 Å². The third-order valence-corrected chi connectivity index (χ3v) is 5.57. The Morgan fingerprint density at radius 1 is 1.05 bits per heavy atom. The Bertz CT molecular complexity index is 420. The van der Waals surface area contributed by atoms with Crippen molar-refractivity contribution in [3.05, 3.63) is 12.2 Å². The molecule has 0 amide bonds. The Hall–Kier alpha value is -1.12. The second kappa shape index (κ2) is 7.94. The van der Waals surface area contributed by atoms with Gasteiger partial charge >= 0.3 is 11.9 Å². The molecule has 1 heterocycles. The van der Waals surface area contributed by atoms with E-state index < -0.39 is 0 Å². The lowest BCUT2D eigenvalue weighted by Crippen LogP contribution is -2.26. The minimum absolute atomic E-state index is 0.234. The lowest BCUT2D eigenvalue weighted by atomic mass is 9.67. The van der Waals surface area contributed by atoms with Gasteiger partial charge in [-0.15, -0.1) is 0 Å². The Balaban J connectivity index is 2.53. The molecule has 1 saturated heterocycles. The predicted molar refractivity (Wildman–Crippen MR) is 89.3 cm³/mol. The first kappa shape index (κ1) is 18.9. The largest absolute Gasteiger partial charge is 0.393 e. The van der Waals surface area contributed by atoms with E-state index in [0.29, 0.717) is 17.3 Å². The molecule has 0 bridgehead atoms. The van der Waals surface area contributed by atoms with Gasteiger partial charge in [-0.25, -0.2) is 0 Å². The Morgan fingerprint density at radius 2 is 1.64 bits per heavy atom. The summed E-state index contributed by atoms with van der Waals surface area (Å²) < 4.78 is 4.58. The van der Waals surface area contributed by atoms with E-state index in [-0.39, 0.29) is 24.3 Å². The van der Waals surface area contributed by atoms with Gasteiger partial charge in [-0.3, -0.25) is 9.59 Å². The molecule has 126 valence electrons. The van der Waals surface area contributed by atoms with Crippen LogP contribution in [0.25, 0.3) is 0 Å². The summed E-state index contributed by atoms with van der Waals surface area (Å²) in [4.78, 5) is 22.5. The highest BCUT2D eigenvalue weighted by Gasteiger charge is 2.33. The molecule has 22 heavy (non-hydrogen) atoms. The average molecular weight is 308 g/mol. The first-order chi connectivity index (χ1) is 10.3. The van der Waals surface area contributed by atoms with E-state index in [0.717, 1.165) is 12.8 Å². The first-order valence-corrected chi connectivity index (χ1v) is 8.67. The summed E-state index contributed by atoms with van der Waals surface area (Å²) in [6.07, 6.45) is 10.9. The Kier molecular flexibility index (Phi) is 6.83. The van der Waals surface area contributed by atoms with Gasteiger partial charge in [0.15, 0.2) is 0 Å². The van der Waals surface area contributed by atoms with Crippen molar-refractivity contribution in [3.63, 3.8) is 0 Å². The monoisotopic (exact) mass is 308 g/mol. The van der Waals surface area contributed by atoms with Crippen molar-refractivity contribution in [3.8, 4) is 0 Å². The Labute approximate surface area is 135 Å². The van der Waals surface area contributed by atoms with Gasteiger partial charge in [0.05, 0.1) is 12.3 Å². The van der Waals surface area contributed by atoms with Crippen LogP contribution in [0, 0.1) is 16.7 Å². The molecule has 0 N–H and O–H groups in total. The zero-order chi connectivity index (χ0) is 16.8. The summed E-state index contributed by atoms with van der Waals surface area (Å²) in [6.45, 7) is 11.5. The van der Waals surface area contributed by atoms with Crippen LogP contribution in [-0.4, -0.2) is 11.9 Å². The predicted octanol–water partition coefficient (Wildman–Crippen LogP) is 5.05. The topological polar surface area (TPSA) is 43.4 Å². The van der Waals surface area contributed by atoms with Crippen molar-refractivity contribution in [1.29, 1.82) is 0 Å². The van der Waals surface area contributed by atoms with Gasteiger partial charge in [0.1, 0.15) is 0 Å². The number of esters is 2. The molecule has 1 rings (SSSR count). The Morgan fingerprint density at radius 3 is 2.09 bits per heavy atom. The number of ether oxygens (including phenoxy) is 1. The van der Waals surface area contributed by atoms with Gasteiger partial charge in [-0.1, -0.05) is 66.0 Å². The van der Waals surface area contributed by atoms with E-state index in [1.54, 1.807) is 0 Å². The number of cyclic esters (lactones) is 2. The van der Waals surface area contributed by atoms with Crippen molar-refractivity contribution in [2.24, 2.45) is 16.7 Å². The van der Waals surface area contributed by atoms with Gasteiger partial charge in [0, 0.05) is 0 Å². The van der Waals surface area contributed by atoms with Gasteiger partial charge in [0.25, 0.3) is 0 Å². The number of carbonyl (C=O) groups is 2. The standard InChI is InChI=1S/C19H32O3/c1-6-18(4,7-2)14-19(5,8-3)12-10-9-11-15-13-16(20)22-17(15)21/h9-10,15H,6-8,11-14H2,1-5H3. The summed E-state index contributed by atoms with van der Waals surface area (Å²) in [6, 6.07) is 0. The lowest BCUT2D eigenvalue weighted by Gasteiger charge is -2.38. The number of allylic oxidation sites excluding steroid dienone is 2. The molecule has 0 aliphatic carbocycles. The molecule has 0 aromatic carbocycles. The van der Waals surface area contributed by atoms with E-state index in [1.165, 1.54) is 19.3 Å². The molecule has 0 aromatic rings. The average Bonchev–Trinajstić information content (AvgIpc) is 2.81. The van der Waals surface area contributed by atoms with Gasteiger partial charge in [0.2, 0.25) is 0 Å². The van der Waals surface area contributed by atoms with Crippen molar-refractivity contribution in [2.75, 3.05) is 0 Å². The summed E-state index contributed by atoms with van der Waals surface area (Å²) >= 11 is 0. The quantitative estimate of drug-likeness (QED) is 0.340. The molecular formula is C19H32O3. The van der Waals surface area contributed by atoms with E-state index in [1.807, 2.05) is 6.08 Å². The van der Waals surface area contributed by atoms with E-state index in [2.05, 4.69) is 45.4 Å². The third-order valence-electron chi connectivity index (χ3n) is 5.57. The summed E-state index contributed by atoms with van der Waals surface area (Å²) in [5, 5.41) is 0. The zero-order valence-corrected chi connectivity index (χ0v) is 14.9. The maximum atomic E-state index is 11.4. The van der Waals surface area contributed by atoms with Crippen LogP contribution in [0.4, 0.5) is 0 Å². The molecule has 1 aliphatic heterocycles. The fourth-order valence-electron chi connectivity index (χ4n) is 3.20. The molecule has 2 atom stereocenters. The zero-order valence-electron chi connectivity index (χ0n) is 14.9. The van der Waals surface area contributed by atoms with E-state index in [4.69, 9.17) is 0 Å². The van der Waals surface area contributed by atoms with Crippen molar-refractivity contribution >= 4 is 11.9 Å². The number of carbonyl (C=O) groups excluding carboxylic acids is 2. The second-order valence-electron chi connectivity index (χ2n) is 7.46. The summed E-state index contributed by atoms with van der Waals surface area (Å²) in [7, 11) is 0. The fourth-order valence-corrected chi connectivity index (χ4v) is 3.20. The molecule has 0 aromatic heterocycles. The summed E-state index contributed by atoms with van der Waals surface area (Å²) in [5.74, 6) is -1.02. The SMILES string of the molecule is CCC(C)(CC)CC(C)(CC)CC=CCC1CC(=O)OC1=O. The smallest absolute Gasteiger partial charge is 0.317 e. The van der Waals surface area contributed by atoms with Crippen LogP contribution in [0.2, 0.25) is 0 Å². The van der Waals surface area contributed by atoms with Gasteiger partial charge in [-0.2, -0.15) is 0 Å². The molecule has 0 saturated carbocycles. The molecule has 1 fully saturated rings. The van der Waals surface area contributed by atoms with Crippen molar-refractivity contribution in [1.82, 2.24) is 0 Å². The maximum Gasteiger partial charge on any atom is 0.317 e. The highest BCUT2D eigenvalue weighted by Crippen LogP contribution is 2.43. The molecule has 3 nitrogen and oxygen atoms in total. The fraction of sp³-hybridized carbons (Fsp3) is 0.789. The molecule has 3 heteroatoms. The van der Waals surface area contributed by atoms with Crippen LogP contribution in [-0.2, 0) is 14.3 Å². The number of hydrogen-bond donors (Lipinski definition) is 0. The van der Waals surface area contributed by atoms with Gasteiger partial charge in [-0.05, 0) is 30.1 Å². The normalized spacial score (nSPS) is 22.1. The van der Waals surface area contributed by atoms with E-state index >= 15 is 0 Å². The second-order valence-corrected chi connectivity index (χ2v) is 7.46. The third kappa shape index (κ3) is 5.26. The lowest BCUT2D eigenvalue weighted by molar-refractivity contribution is -0.153. The molecule has 1 aliphatic rings. The molecular weight excluding hydrogens is 276 g/mol. The first-order valence-electron chi connectivity index (χ1n) is 8.67. The molecule has 2 unspecified atom stereocenters. The maximum absolute atomic E-state index is 11.4. The molecule has 0 spiro atoms. The minimum Gasteiger partial charge on any atom is -0.393 e.